The van der Waals surface area contributed by atoms with Gasteiger partial charge in [0.1, 0.15) is 24.4 Å². The molecule has 0 saturated carbocycles. The molecule has 1 aliphatic rings. The predicted molar refractivity (Wildman–Crippen MR) is 347 cm³/mol. The smallest absolute Gasteiger partial charge is 0.306 e. The first-order valence-electron chi connectivity index (χ1n) is 33.7. The number of aliphatic hydroxyl groups excluding tert-OH is 5. The van der Waals surface area contributed by atoms with Crippen LogP contribution in [0.25, 0.3) is 0 Å². The number of allylic oxidation sites excluding steroid dienone is 17. The molecule has 0 aromatic rings. The third-order valence-electron chi connectivity index (χ3n) is 15.2. The van der Waals surface area contributed by atoms with Crippen molar-refractivity contribution in [3.63, 3.8) is 0 Å². The zero-order chi connectivity index (χ0) is 60.3. The highest BCUT2D eigenvalue weighted by Gasteiger charge is 2.47. The van der Waals surface area contributed by atoms with Gasteiger partial charge in [0.15, 0.2) is 12.4 Å². The van der Waals surface area contributed by atoms with Crippen LogP contribution in [-0.4, -0.2) is 99.6 Å². The molecule has 0 bridgehead atoms. The highest BCUT2D eigenvalue weighted by atomic mass is 16.7. The molecule has 8 unspecified atom stereocenters. The van der Waals surface area contributed by atoms with E-state index in [1.807, 2.05) is 6.08 Å². The lowest BCUT2D eigenvalue weighted by atomic mass is 9.99. The summed E-state index contributed by atoms with van der Waals surface area (Å²) < 4.78 is 17.6. The van der Waals surface area contributed by atoms with Gasteiger partial charge in [-0.2, -0.15) is 0 Å². The van der Waals surface area contributed by atoms with Crippen molar-refractivity contribution in [2.24, 2.45) is 0 Å². The van der Waals surface area contributed by atoms with E-state index in [1.54, 1.807) is 6.08 Å². The van der Waals surface area contributed by atoms with Crippen molar-refractivity contribution in [2.75, 3.05) is 13.2 Å². The third-order valence-corrected chi connectivity index (χ3v) is 15.2. The zero-order valence-corrected chi connectivity index (χ0v) is 52.8. The summed E-state index contributed by atoms with van der Waals surface area (Å²) in [5, 5.41) is 57.1. The Balaban J connectivity index is 2.62. The van der Waals surface area contributed by atoms with Gasteiger partial charge < -0.3 is 45.1 Å². The average molecular weight is 1160 g/mol. The van der Waals surface area contributed by atoms with Gasteiger partial charge in [0.05, 0.1) is 25.4 Å². The highest BCUT2D eigenvalue weighted by Crippen LogP contribution is 2.26. The van der Waals surface area contributed by atoms with E-state index < -0.39 is 67.4 Å². The second-order valence-corrected chi connectivity index (χ2v) is 22.8. The van der Waals surface area contributed by atoms with Crippen molar-refractivity contribution in [3.8, 4) is 0 Å². The Bertz CT molecular complexity index is 1770. The second kappa shape index (κ2) is 58.7. The van der Waals surface area contributed by atoms with Crippen molar-refractivity contribution in [1.29, 1.82) is 0 Å². The SMILES string of the molecule is CC/C=C\C/C=C\C/C=C\C/C=C\C/C=C\CCCCCCCCCC(=O)OC1C(OCC(NC(=O)C(O)CCCCCCCCC/C=C\C/C=C\C/C=C\CCCCC)C(O)/C=C/CCCCCCCCCCC)OC(CO)C(O)C1O. The summed E-state index contributed by atoms with van der Waals surface area (Å²) >= 11 is 0. The summed E-state index contributed by atoms with van der Waals surface area (Å²) in [5.74, 6) is -1.22. The minimum atomic E-state index is -1.63. The number of unbranched alkanes of at least 4 members (excludes halogenated alkanes) is 26. The quantitative estimate of drug-likeness (QED) is 0.0195. The maximum absolute atomic E-state index is 13.5. The van der Waals surface area contributed by atoms with Crippen LogP contribution in [0.4, 0.5) is 0 Å². The summed E-state index contributed by atoms with van der Waals surface area (Å²) in [6, 6.07) is -1.04. The first kappa shape index (κ1) is 77.3. The fraction of sp³-hybridized carbons (Fsp3) is 0.722. The number of hydrogen-bond acceptors (Lipinski definition) is 10. The van der Waals surface area contributed by atoms with Crippen LogP contribution in [0.2, 0.25) is 0 Å². The van der Waals surface area contributed by atoms with Crippen molar-refractivity contribution >= 4 is 11.9 Å². The van der Waals surface area contributed by atoms with E-state index in [0.717, 1.165) is 148 Å². The van der Waals surface area contributed by atoms with E-state index in [4.69, 9.17) is 14.2 Å². The van der Waals surface area contributed by atoms with Gasteiger partial charge in [-0.05, 0) is 109 Å². The van der Waals surface area contributed by atoms with Gasteiger partial charge in [0, 0.05) is 6.42 Å². The molecule has 0 aromatic carbocycles. The summed E-state index contributed by atoms with van der Waals surface area (Å²) in [4.78, 5) is 26.6. The Morgan fingerprint density at radius 3 is 1.33 bits per heavy atom. The zero-order valence-electron chi connectivity index (χ0n) is 52.8. The Kier molecular flexibility index (Phi) is 54.7. The number of rotatable bonds is 56. The van der Waals surface area contributed by atoms with E-state index in [2.05, 4.69) is 123 Å². The predicted octanol–water partition coefficient (Wildman–Crippen LogP) is 16.8. The van der Waals surface area contributed by atoms with Gasteiger partial charge in [-0.15, -0.1) is 0 Å². The number of esters is 1. The highest BCUT2D eigenvalue weighted by molar-refractivity contribution is 5.80. The van der Waals surface area contributed by atoms with Crippen molar-refractivity contribution in [3.05, 3.63) is 109 Å². The molecule has 1 fully saturated rings. The number of ether oxygens (including phenoxy) is 3. The van der Waals surface area contributed by atoms with Gasteiger partial charge in [-0.1, -0.05) is 265 Å². The van der Waals surface area contributed by atoms with Gasteiger partial charge in [0.2, 0.25) is 5.91 Å². The molecule has 1 amide bonds. The molecular weight excluding hydrogens is 1040 g/mol. The Morgan fingerprint density at radius 1 is 0.482 bits per heavy atom. The molecule has 6 N–H and O–H groups in total. The average Bonchev–Trinajstić information content (AvgIpc) is 3.68. The lowest BCUT2D eigenvalue weighted by molar-refractivity contribution is -0.305. The van der Waals surface area contributed by atoms with Crippen molar-refractivity contribution in [1.82, 2.24) is 5.32 Å². The fourth-order valence-electron chi connectivity index (χ4n) is 9.86. The Hall–Kier alpha value is -3.68. The van der Waals surface area contributed by atoms with E-state index in [1.165, 1.54) is 77.0 Å². The van der Waals surface area contributed by atoms with Gasteiger partial charge in [0.25, 0.3) is 0 Å². The monoisotopic (exact) mass is 1160 g/mol. The van der Waals surface area contributed by atoms with Crippen LogP contribution in [0, 0.1) is 0 Å². The number of hydrogen-bond donors (Lipinski definition) is 6. The molecule has 1 heterocycles. The van der Waals surface area contributed by atoms with Crippen LogP contribution < -0.4 is 5.32 Å². The van der Waals surface area contributed by atoms with E-state index in [-0.39, 0.29) is 19.4 Å². The van der Waals surface area contributed by atoms with Crippen molar-refractivity contribution < 1.29 is 49.3 Å². The minimum absolute atomic E-state index is 0.104. The Morgan fingerprint density at radius 2 is 0.867 bits per heavy atom. The summed E-state index contributed by atoms with van der Waals surface area (Å²) in [5.41, 5.74) is 0. The number of amides is 1. The molecule has 0 aliphatic carbocycles. The number of carbonyl (C=O) groups excluding carboxylic acids is 2. The maximum atomic E-state index is 13.5. The Labute approximate surface area is 507 Å². The topological polar surface area (TPSA) is 175 Å². The largest absolute Gasteiger partial charge is 0.454 e. The minimum Gasteiger partial charge on any atom is -0.454 e. The molecule has 0 aromatic heterocycles. The van der Waals surface area contributed by atoms with Gasteiger partial charge in [-0.3, -0.25) is 9.59 Å². The summed E-state index contributed by atoms with van der Waals surface area (Å²) in [6.07, 6.45) is 69.7. The summed E-state index contributed by atoms with van der Waals surface area (Å²) in [6.45, 7) is 5.64. The van der Waals surface area contributed by atoms with Gasteiger partial charge in [-0.25, -0.2) is 0 Å². The molecular formula is C72H123NO10. The van der Waals surface area contributed by atoms with Crippen LogP contribution in [0.5, 0.6) is 0 Å². The van der Waals surface area contributed by atoms with Crippen LogP contribution in [0.15, 0.2) is 109 Å². The van der Waals surface area contributed by atoms with Crippen LogP contribution in [0.3, 0.4) is 0 Å². The lowest BCUT2D eigenvalue weighted by Crippen LogP contribution is -2.61. The van der Waals surface area contributed by atoms with E-state index in [9.17, 15) is 35.1 Å². The molecule has 8 atom stereocenters. The number of carbonyl (C=O) groups is 2. The standard InChI is InChI=1S/C72H123NO10/c1-4-7-10-13-16-19-22-24-26-28-30-32-33-34-36-38-40-42-45-48-51-54-57-60-67(77)83-70-69(79)68(78)66(61-74)82-72(70)81-62-63(64(75)58-55-52-49-46-43-21-18-15-12-9-6-3)73-71(80)65(76)59-56-53-50-47-44-41-39-37-35-31-29-27-25-23-20-17-14-11-8-5-2/h7,10,16-17,19-20,24-27,30-32,34-36,55,58,63-66,68-70,72,74-76,78-79H,4-6,8-9,11-15,18,21-23,28-29,33,37-54,56-57,59-62H2,1-3H3,(H,73,80)/b10-7-,19-16-,20-17-,26-24-,27-25-,32-30-,35-31-,36-34-,58-55+. The molecule has 1 aliphatic heterocycles. The fourth-order valence-corrected chi connectivity index (χ4v) is 9.86. The number of nitrogens with one attached hydrogen (secondary N) is 1. The molecule has 11 heteroatoms. The van der Waals surface area contributed by atoms with Crippen molar-refractivity contribution in [2.45, 2.75) is 320 Å². The third kappa shape index (κ3) is 46.2. The van der Waals surface area contributed by atoms with E-state index in [0.29, 0.717) is 12.8 Å². The molecule has 83 heavy (non-hydrogen) atoms. The summed E-state index contributed by atoms with van der Waals surface area (Å²) in [7, 11) is 0. The lowest BCUT2D eigenvalue weighted by Gasteiger charge is -2.41. The maximum Gasteiger partial charge on any atom is 0.306 e. The molecule has 476 valence electrons. The molecule has 11 nitrogen and oxygen atoms in total. The van der Waals surface area contributed by atoms with Crippen LogP contribution >= 0.6 is 0 Å². The molecule has 0 spiro atoms. The molecule has 1 rings (SSSR count). The molecule has 0 radical (unpaired) electrons. The van der Waals surface area contributed by atoms with Crippen LogP contribution in [-0.2, 0) is 23.8 Å². The molecule has 1 saturated heterocycles. The normalized spacial score (nSPS) is 19.3. The van der Waals surface area contributed by atoms with E-state index >= 15 is 0 Å². The first-order chi connectivity index (χ1) is 40.7. The first-order valence-corrected chi connectivity index (χ1v) is 33.7. The number of aliphatic hydroxyl groups is 5. The second-order valence-electron chi connectivity index (χ2n) is 22.8. The van der Waals surface area contributed by atoms with Gasteiger partial charge >= 0.3 is 5.97 Å². The van der Waals surface area contributed by atoms with Crippen LogP contribution in [0.1, 0.15) is 271 Å².